The molecular weight excluding hydrogens is 324 g/mol. The molecule has 0 bridgehead atoms. The first-order valence-corrected chi connectivity index (χ1v) is 9.16. The molecule has 0 amide bonds. The van der Waals surface area contributed by atoms with E-state index in [1.807, 2.05) is 24.3 Å². The van der Waals surface area contributed by atoms with Gasteiger partial charge in [-0.15, -0.1) is 6.58 Å². The van der Waals surface area contributed by atoms with Gasteiger partial charge < -0.3 is 14.0 Å². The van der Waals surface area contributed by atoms with Crippen LogP contribution in [-0.2, 0) is 13.0 Å². The van der Waals surface area contributed by atoms with Crippen molar-refractivity contribution < 1.29 is 9.47 Å². The molecule has 1 aliphatic carbocycles. The van der Waals surface area contributed by atoms with E-state index < -0.39 is 0 Å². The van der Waals surface area contributed by atoms with Crippen LogP contribution in [0.2, 0.25) is 0 Å². The Morgan fingerprint density at radius 3 is 2.81 bits per heavy atom. The molecule has 134 valence electrons. The minimum atomic E-state index is 0.581. The van der Waals surface area contributed by atoms with Gasteiger partial charge in [0.2, 0.25) is 0 Å². The van der Waals surface area contributed by atoms with Crippen LogP contribution < -0.4 is 9.47 Å². The van der Waals surface area contributed by atoms with Crippen molar-refractivity contribution >= 4 is 11.0 Å². The molecule has 0 spiro atoms. The van der Waals surface area contributed by atoms with Crippen molar-refractivity contribution in [3.63, 3.8) is 0 Å². The third-order valence-electron chi connectivity index (χ3n) is 4.81. The van der Waals surface area contributed by atoms with Gasteiger partial charge in [0.05, 0.1) is 24.7 Å². The molecule has 4 rings (SSSR count). The molecule has 1 aromatic heterocycles. The number of benzene rings is 2. The predicted octanol–water partition coefficient (Wildman–Crippen LogP) is 4.73. The number of methoxy groups -OCH3 is 1. The highest BCUT2D eigenvalue weighted by Crippen LogP contribution is 2.40. The number of nitrogens with zero attached hydrogens (tertiary/aromatic N) is 2. The lowest BCUT2D eigenvalue weighted by Gasteiger charge is -2.13. The van der Waals surface area contributed by atoms with Crippen molar-refractivity contribution in [2.45, 2.75) is 31.7 Å². The lowest BCUT2D eigenvalue weighted by molar-refractivity contribution is 0.279. The Bertz CT molecular complexity index is 925. The zero-order valence-corrected chi connectivity index (χ0v) is 15.1. The second kappa shape index (κ2) is 7.24. The number of imidazole rings is 1. The van der Waals surface area contributed by atoms with Gasteiger partial charge in [-0.25, -0.2) is 4.98 Å². The van der Waals surface area contributed by atoms with Crippen molar-refractivity contribution in [1.29, 1.82) is 0 Å². The fourth-order valence-corrected chi connectivity index (χ4v) is 3.35. The highest BCUT2D eigenvalue weighted by atomic mass is 16.5. The minimum Gasteiger partial charge on any atom is -0.493 e. The van der Waals surface area contributed by atoms with Crippen LogP contribution in [0.1, 0.15) is 30.1 Å². The van der Waals surface area contributed by atoms with E-state index in [2.05, 4.69) is 35.4 Å². The summed E-state index contributed by atoms with van der Waals surface area (Å²) in [5.74, 6) is 3.35. The van der Waals surface area contributed by atoms with E-state index in [1.165, 1.54) is 29.7 Å². The first-order chi connectivity index (χ1) is 12.8. The van der Waals surface area contributed by atoms with Crippen molar-refractivity contribution in [3.05, 3.63) is 66.5 Å². The number of fused-ring (bicyclic) bond motifs is 1. The molecule has 0 aliphatic heterocycles. The van der Waals surface area contributed by atoms with Crippen molar-refractivity contribution in [1.82, 2.24) is 9.55 Å². The average molecular weight is 348 g/mol. The summed E-state index contributed by atoms with van der Waals surface area (Å²) in [6.45, 7) is 5.15. The van der Waals surface area contributed by atoms with Crippen LogP contribution in [0.25, 0.3) is 11.0 Å². The highest BCUT2D eigenvalue weighted by molar-refractivity contribution is 5.76. The second-order valence-electron chi connectivity index (χ2n) is 6.71. The topological polar surface area (TPSA) is 36.3 Å². The third kappa shape index (κ3) is 3.32. The van der Waals surface area contributed by atoms with Gasteiger partial charge in [-0.3, -0.25) is 0 Å². The van der Waals surface area contributed by atoms with Gasteiger partial charge in [-0.1, -0.05) is 24.3 Å². The molecule has 4 nitrogen and oxygen atoms in total. The molecular formula is C22H24N2O2. The van der Waals surface area contributed by atoms with Gasteiger partial charge in [0.15, 0.2) is 11.5 Å². The molecule has 0 radical (unpaired) electrons. The molecule has 3 aromatic rings. The van der Waals surface area contributed by atoms with E-state index in [-0.39, 0.29) is 0 Å². The molecule has 26 heavy (non-hydrogen) atoms. The van der Waals surface area contributed by atoms with Crippen LogP contribution in [0, 0.1) is 0 Å². The second-order valence-corrected chi connectivity index (χ2v) is 6.71. The number of allylic oxidation sites excluding steroid dienone is 1. The normalized spacial score (nSPS) is 13.7. The van der Waals surface area contributed by atoms with E-state index in [0.717, 1.165) is 30.0 Å². The largest absolute Gasteiger partial charge is 0.493 e. The maximum atomic E-state index is 6.04. The summed E-state index contributed by atoms with van der Waals surface area (Å²) in [6.07, 6.45) is 5.19. The van der Waals surface area contributed by atoms with Gasteiger partial charge in [0.1, 0.15) is 12.4 Å². The molecule has 1 aliphatic rings. The third-order valence-corrected chi connectivity index (χ3v) is 4.81. The molecule has 2 aromatic carbocycles. The van der Waals surface area contributed by atoms with Gasteiger partial charge in [0.25, 0.3) is 0 Å². The lowest BCUT2D eigenvalue weighted by Crippen LogP contribution is -2.11. The fourth-order valence-electron chi connectivity index (χ4n) is 3.35. The predicted molar refractivity (Wildman–Crippen MR) is 104 cm³/mol. The number of para-hydroxylation sites is 2. The summed E-state index contributed by atoms with van der Waals surface area (Å²) in [5, 5.41) is 0. The molecule has 1 heterocycles. The van der Waals surface area contributed by atoms with E-state index in [9.17, 15) is 0 Å². The molecule has 4 heteroatoms. The van der Waals surface area contributed by atoms with E-state index in [1.54, 1.807) is 7.11 Å². The molecule has 0 N–H and O–H groups in total. The van der Waals surface area contributed by atoms with Crippen molar-refractivity contribution in [2.24, 2.45) is 0 Å². The summed E-state index contributed by atoms with van der Waals surface area (Å²) < 4.78 is 13.8. The summed E-state index contributed by atoms with van der Waals surface area (Å²) >= 11 is 0. The smallest absolute Gasteiger partial charge is 0.161 e. The van der Waals surface area contributed by atoms with Crippen LogP contribution in [-0.4, -0.2) is 23.3 Å². The van der Waals surface area contributed by atoms with E-state index in [0.29, 0.717) is 12.5 Å². The average Bonchev–Trinajstić information content (AvgIpc) is 3.45. The van der Waals surface area contributed by atoms with Gasteiger partial charge in [0, 0.05) is 5.92 Å². The zero-order chi connectivity index (χ0) is 17.9. The maximum absolute atomic E-state index is 6.04. The summed E-state index contributed by atoms with van der Waals surface area (Å²) in [6, 6.07) is 14.4. The molecule has 0 saturated heterocycles. The summed E-state index contributed by atoms with van der Waals surface area (Å²) in [7, 11) is 1.68. The SMILES string of the molecule is C=CCc1ccc(OCCn2c(C3CC3)nc3ccccc32)c(OC)c1. The standard InChI is InChI=1S/C22H24N2O2/c1-3-6-16-9-12-20(21(15-16)25-2)26-14-13-24-19-8-5-4-7-18(19)23-22(24)17-10-11-17/h3-5,7-9,12,15,17H,1,6,10-11,13-14H2,2H3. The number of rotatable bonds is 8. The Kier molecular flexibility index (Phi) is 4.65. The monoisotopic (exact) mass is 348 g/mol. The van der Waals surface area contributed by atoms with E-state index >= 15 is 0 Å². The Morgan fingerprint density at radius 2 is 2.04 bits per heavy atom. The van der Waals surface area contributed by atoms with Crippen LogP contribution in [0.5, 0.6) is 11.5 Å². The molecule has 0 unspecified atom stereocenters. The van der Waals surface area contributed by atoms with Crippen molar-refractivity contribution in [2.75, 3.05) is 13.7 Å². The van der Waals surface area contributed by atoms with Crippen LogP contribution in [0.15, 0.2) is 55.1 Å². The van der Waals surface area contributed by atoms with Crippen LogP contribution in [0.3, 0.4) is 0 Å². The minimum absolute atomic E-state index is 0.581. The Labute approximate surface area is 154 Å². The zero-order valence-electron chi connectivity index (χ0n) is 15.1. The Hall–Kier alpha value is -2.75. The number of hydrogen-bond acceptors (Lipinski definition) is 3. The molecule has 1 fully saturated rings. The van der Waals surface area contributed by atoms with Gasteiger partial charge in [-0.2, -0.15) is 0 Å². The number of ether oxygens (including phenoxy) is 2. The Balaban J connectivity index is 1.51. The molecule has 0 atom stereocenters. The lowest BCUT2D eigenvalue weighted by atomic mass is 10.1. The molecule has 1 saturated carbocycles. The number of hydrogen-bond donors (Lipinski definition) is 0. The van der Waals surface area contributed by atoms with Crippen molar-refractivity contribution in [3.8, 4) is 11.5 Å². The number of aromatic nitrogens is 2. The quantitative estimate of drug-likeness (QED) is 0.552. The van der Waals surface area contributed by atoms with Crippen LogP contribution >= 0.6 is 0 Å². The van der Waals surface area contributed by atoms with E-state index in [4.69, 9.17) is 14.5 Å². The van der Waals surface area contributed by atoms with Gasteiger partial charge in [-0.05, 0) is 49.1 Å². The first kappa shape index (κ1) is 16.7. The van der Waals surface area contributed by atoms with Gasteiger partial charge >= 0.3 is 0 Å². The summed E-state index contributed by atoms with van der Waals surface area (Å²) in [5.41, 5.74) is 3.42. The highest BCUT2D eigenvalue weighted by Gasteiger charge is 2.29. The summed E-state index contributed by atoms with van der Waals surface area (Å²) in [4.78, 5) is 4.84. The maximum Gasteiger partial charge on any atom is 0.161 e. The fraction of sp³-hybridized carbons (Fsp3) is 0.318. The first-order valence-electron chi connectivity index (χ1n) is 9.16. The van der Waals surface area contributed by atoms with Crippen LogP contribution in [0.4, 0.5) is 0 Å². The Morgan fingerprint density at radius 1 is 1.19 bits per heavy atom.